The van der Waals surface area contributed by atoms with Crippen LogP contribution in [-0.4, -0.2) is 18.4 Å². The number of carbonyl (C=O) groups is 2. The number of rotatable bonds is 6. The van der Waals surface area contributed by atoms with Crippen LogP contribution in [-0.2, 0) is 9.59 Å². The predicted octanol–water partition coefficient (Wildman–Crippen LogP) is 5.63. The summed E-state index contributed by atoms with van der Waals surface area (Å²) >= 11 is 18.6. The van der Waals surface area contributed by atoms with Crippen LogP contribution < -0.4 is 15.4 Å². The van der Waals surface area contributed by atoms with Crippen molar-refractivity contribution in [2.24, 2.45) is 0 Å². The molecule has 0 aliphatic carbocycles. The van der Waals surface area contributed by atoms with Gasteiger partial charge in [-0.2, -0.15) is 0 Å². The number of hydrogen-bond donors (Lipinski definition) is 2. The summed E-state index contributed by atoms with van der Waals surface area (Å²) in [5.41, 5.74) is 2.39. The Morgan fingerprint density at radius 3 is 1.96 bits per heavy atom. The third kappa shape index (κ3) is 5.28. The van der Waals surface area contributed by atoms with Crippen molar-refractivity contribution in [2.45, 2.75) is 27.2 Å². The summed E-state index contributed by atoms with van der Waals surface area (Å²) in [4.78, 5) is 23.7. The minimum Gasteiger partial charge on any atom is -0.481 e. The predicted molar refractivity (Wildman–Crippen MR) is 110 cm³/mol. The molecule has 2 aromatic rings. The van der Waals surface area contributed by atoms with Crippen LogP contribution in [0.1, 0.15) is 24.5 Å². The fourth-order valence-electron chi connectivity index (χ4n) is 2.30. The molecule has 0 aliphatic rings. The molecule has 2 aromatic carbocycles. The average Bonchev–Trinajstić information content (AvgIpc) is 2.65. The lowest BCUT2D eigenvalue weighted by Crippen LogP contribution is -2.20. The Labute approximate surface area is 172 Å². The van der Waals surface area contributed by atoms with E-state index in [2.05, 4.69) is 10.6 Å². The van der Waals surface area contributed by atoms with E-state index in [9.17, 15) is 9.59 Å². The van der Waals surface area contributed by atoms with Gasteiger partial charge in [-0.15, -0.1) is 0 Å². The molecule has 0 bridgehead atoms. The lowest BCUT2D eigenvalue weighted by Gasteiger charge is -2.15. The van der Waals surface area contributed by atoms with E-state index in [1.807, 2.05) is 0 Å². The first-order valence-corrected chi connectivity index (χ1v) is 9.34. The van der Waals surface area contributed by atoms with Crippen LogP contribution >= 0.6 is 34.8 Å². The van der Waals surface area contributed by atoms with E-state index in [-0.39, 0.29) is 28.3 Å². The topological polar surface area (TPSA) is 67.4 Å². The zero-order valence-electron chi connectivity index (χ0n) is 15.1. The molecule has 0 fully saturated rings. The maximum atomic E-state index is 12.2. The standard InChI is InChI=1S/C19H19Cl3N2O3/c1-4-14(25)23-12-6-5-7-13(8-12)24-15(26)9-27-19-17(21)10(2)16(20)11(3)18(19)22/h5-8H,4,9H2,1-3H3,(H,23,25)(H,24,26). The van der Waals surface area contributed by atoms with Gasteiger partial charge in [0.25, 0.3) is 5.91 Å². The Hall–Kier alpha value is -1.95. The Kier molecular flexibility index (Phi) is 7.36. The summed E-state index contributed by atoms with van der Waals surface area (Å²) in [6, 6.07) is 6.82. The molecule has 2 N–H and O–H groups in total. The van der Waals surface area contributed by atoms with Gasteiger partial charge in [0.2, 0.25) is 5.91 Å². The van der Waals surface area contributed by atoms with E-state index in [0.29, 0.717) is 33.9 Å². The van der Waals surface area contributed by atoms with Gasteiger partial charge < -0.3 is 15.4 Å². The van der Waals surface area contributed by atoms with Gasteiger partial charge in [-0.1, -0.05) is 47.8 Å². The molecular formula is C19H19Cl3N2O3. The first-order chi connectivity index (χ1) is 12.7. The van der Waals surface area contributed by atoms with Crippen LogP contribution in [0.15, 0.2) is 24.3 Å². The molecule has 5 nitrogen and oxygen atoms in total. The van der Waals surface area contributed by atoms with E-state index >= 15 is 0 Å². The Bertz CT molecular complexity index is 856. The Morgan fingerprint density at radius 1 is 0.926 bits per heavy atom. The van der Waals surface area contributed by atoms with Gasteiger partial charge in [0, 0.05) is 22.8 Å². The van der Waals surface area contributed by atoms with Gasteiger partial charge >= 0.3 is 0 Å². The fraction of sp³-hybridized carbons (Fsp3) is 0.263. The second-order valence-electron chi connectivity index (χ2n) is 5.84. The van der Waals surface area contributed by atoms with Crippen molar-refractivity contribution in [2.75, 3.05) is 17.2 Å². The highest BCUT2D eigenvalue weighted by atomic mass is 35.5. The maximum Gasteiger partial charge on any atom is 0.262 e. The summed E-state index contributed by atoms with van der Waals surface area (Å²) in [5.74, 6) is -0.289. The summed E-state index contributed by atoms with van der Waals surface area (Å²) < 4.78 is 5.53. The molecule has 0 heterocycles. The molecule has 0 saturated carbocycles. The molecule has 27 heavy (non-hydrogen) atoms. The van der Waals surface area contributed by atoms with E-state index in [4.69, 9.17) is 39.5 Å². The number of hydrogen-bond acceptors (Lipinski definition) is 3. The lowest BCUT2D eigenvalue weighted by molar-refractivity contribution is -0.118. The second kappa shape index (κ2) is 9.31. The van der Waals surface area contributed by atoms with E-state index in [1.54, 1.807) is 45.0 Å². The number of anilines is 2. The van der Waals surface area contributed by atoms with Gasteiger partial charge in [-0.05, 0) is 43.2 Å². The molecule has 0 radical (unpaired) electrons. The average molecular weight is 430 g/mol. The third-order valence-corrected chi connectivity index (χ3v) is 5.29. The third-order valence-electron chi connectivity index (χ3n) is 3.81. The molecule has 0 spiro atoms. The summed E-state index contributed by atoms with van der Waals surface area (Å²) in [6.45, 7) is 4.97. The first kappa shape index (κ1) is 21.4. The zero-order valence-corrected chi connectivity index (χ0v) is 17.4. The highest BCUT2D eigenvalue weighted by Gasteiger charge is 2.18. The second-order valence-corrected chi connectivity index (χ2v) is 6.97. The summed E-state index contributed by atoms with van der Waals surface area (Å²) in [6.07, 6.45) is 0.367. The summed E-state index contributed by atoms with van der Waals surface area (Å²) in [7, 11) is 0. The highest BCUT2D eigenvalue weighted by molar-refractivity contribution is 6.42. The molecule has 2 amide bonds. The lowest BCUT2D eigenvalue weighted by atomic mass is 10.1. The number of carbonyl (C=O) groups excluding carboxylic acids is 2. The minimum absolute atomic E-state index is 0.112. The molecule has 144 valence electrons. The Morgan fingerprint density at radius 2 is 1.44 bits per heavy atom. The van der Waals surface area contributed by atoms with Crippen molar-refractivity contribution in [3.8, 4) is 5.75 Å². The summed E-state index contributed by atoms with van der Waals surface area (Å²) in [5, 5.41) is 6.43. The number of ether oxygens (including phenoxy) is 1. The zero-order chi connectivity index (χ0) is 20.1. The van der Waals surface area contributed by atoms with E-state index in [1.165, 1.54) is 0 Å². The van der Waals surface area contributed by atoms with Crippen LogP contribution in [0, 0.1) is 13.8 Å². The highest BCUT2D eigenvalue weighted by Crippen LogP contribution is 2.42. The molecule has 0 unspecified atom stereocenters. The largest absolute Gasteiger partial charge is 0.481 e. The SMILES string of the molecule is CCC(=O)Nc1cccc(NC(=O)COc2c(Cl)c(C)c(Cl)c(C)c2Cl)c1. The molecule has 8 heteroatoms. The molecule has 0 aliphatic heterocycles. The van der Waals surface area contributed by atoms with Crippen molar-refractivity contribution in [1.29, 1.82) is 0 Å². The molecule has 0 atom stereocenters. The molecule has 0 saturated heterocycles. The van der Waals surface area contributed by atoms with Crippen molar-refractivity contribution in [3.63, 3.8) is 0 Å². The van der Waals surface area contributed by atoms with Crippen molar-refractivity contribution in [1.82, 2.24) is 0 Å². The van der Waals surface area contributed by atoms with Crippen molar-refractivity contribution >= 4 is 58.0 Å². The normalized spacial score (nSPS) is 10.4. The smallest absolute Gasteiger partial charge is 0.262 e. The number of amides is 2. The fourth-order valence-corrected chi connectivity index (χ4v) is 3.12. The van der Waals surface area contributed by atoms with Gasteiger partial charge in [-0.25, -0.2) is 0 Å². The molecule has 0 aromatic heterocycles. The van der Waals surface area contributed by atoms with Crippen LogP contribution in [0.3, 0.4) is 0 Å². The van der Waals surface area contributed by atoms with Crippen LogP contribution in [0.5, 0.6) is 5.75 Å². The monoisotopic (exact) mass is 428 g/mol. The van der Waals surface area contributed by atoms with Crippen LogP contribution in [0.25, 0.3) is 0 Å². The Balaban J connectivity index is 2.06. The molecule has 2 rings (SSSR count). The number of nitrogens with one attached hydrogen (secondary N) is 2. The number of halogens is 3. The van der Waals surface area contributed by atoms with Gasteiger partial charge in [0.05, 0.1) is 10.0 Å². The number of benzene rings is 2. The molecular weight excluding hydrogens is 411 g/mol. The van der Waals surface area contributed by atoms with Crippen molar-refractivity contribution < 1.29 is 14.3 Å². The van der Waals surface area contributed by atoms with Gasteiger partial charge in [0.1, 0.15) is 0 Å². The quantitative estimate of drug-likeness (QED) is 0.625. The van der Waals surface area contributed by atoms with Crippen LogP contribution in [0.2, 0.25) is 15.1 Å². The van der Waals surface area contributed by atoms with Gasteiger partial charge in [0.15, 0.2) is 12.4 Å². The van der Waals surface area contributed by atoms with E-state index in [0.717, 1.165) is 0 Å². The van der Waals surface area contributed by atoms with Crippen LogP contribution in [0.4, 0.5) is 11.4 Å². The van der Waals surface area contributed by atoms with Gasteiger partial charge in [-0.3, -0.25) is 9.59 Å². The van der Waals surface area contributed by atoms with E-state index < -0.39 is 5.91 Å². The van der Waals surface area contributed by atoms with Crippen molar-refractivity contribution in [3.05, 3.63) is 50.5 Å². The minimum atomic E-state index is -0.397. The first-order valence-electron chi connectivity index (χ1n) is 8.20. The maximum absolute atomic E-state index is 12.2.